The lowest BCUT2D eigenvalue weighted by atomic mass is 9.85. The van der Waals surface area contributed by atoms with Gasteiger partial charge in [0.25, 0.3) is 0 Å². The van der Waals surface area contributed by atoms with E-state index in [1.165, 1.54) is 12.8 Å². The molecule has 2 aliphatic rings. The third-order valence-electron chi connectivity index (χ3n) is 3.63. The van der Waals surface area contributed by atoms with Crippen LogP contribution >= 0.6 is 0 Å². The van der Waals surface area contributed by atoms with Gasteiger partial charge in [-0.1, -0.05) is 12.8 Å². The highest BCUT2D eigenvalue weighted by molar-refractivity contribution is 5.84. The largest absolute Gasteiger partial charge is 0.465 e. The molecule has 16 heavy (non-hydrogen) atoms. The molecule has 1 aliphatic carbocycles. The van der Waals surface area contributed by atoms with Crippen LogP contribution in [0.15, 0.2) is 0 Å². The van der Waals surface area contributed by atoms with Gasteiger partial charge in [-0.15, -0.1) is 0 Å². The van der Waals surface area contributed by atoms with Crippen molar-refractivity contribution in [2.45, 2.75) is 45.1 Å². The van der Waals surface area contributed by atoms with Gasteiger partial charge in [0.15, 0.2) is 0 Å². The second kappa shape index (κ2) is 4.85. The lowest BCUT2D eigenvalue weighted by Crippen LogP contribution is -2.40. The Kier molecular flexibility index (Phi) is 3.46. The standard InChI is InChI=1S/C12H19NO3/c1-2-16-12(15)8-13-10-6-4-3-5-9(10)7-11(13)14/h9-10H,2-8H2,1H3. The highest BCUT2D eigenvalue weighted by atomic mass is 16.5. The van der Waals surface area contributed by atoms with Crippen LogP contribution in [0.3, 0.4) is 0 Å². The molecule has 0 bridgehead atoms. The van der Waals surface area contributed by atoms with E-state index >= 15 is 0 Å². The number of ether oxygens (including phenoxy) is 1. The highest BCUT2D eigenvalue weighted by Crippen LogP contribution is 2.36. The number of fused-ring (bicyclic) bond motifs is 1. The topological polar surface area (TPSA) is 46.6 Å². The second-order valence-electron chi connectivity index (χ2n) is 4.64. The molecule has 1 aliphatic heterocycles. The first-order valence-electron chi connectivity index (χ1n) is 6.17. The van der Waals surface area contributed by atoms with Gasteiger partial charge in [-0.2, -0.15) is 0 Å². The third-order valence-corrected chi connectivity index (χ3v) is 3.63. The first kappa shape index (κ1) is 11.4. The van der Waals surface area contributed by atoms with Crippen molar-refractivity contribution in [1.29, 1.82) is 0 Å². The summed E-state index contributed by atoms with van der Waals surface area (Å²) in [5.41, 5.74) is 0. The fourth-order valence-corrected chi connectivity index (χ4v) is 2.91. The Morgan fingerprint density at radius 1 is 1.44 bits per heavy atom. The molecule has 0 aromatic rings. The summed E-state index contributed by atoms with van der Waals surface area (Å²) in [4.78, 5) is 24.9. The fourth-order valence-electron chi connectivity index (χ4n) is 2.91. The normalized spacial score (nSPS) is 29.1. The number of esters is 1. The maximum absolute atomic E-state index is 11.8. The van der Waals surface area contributed by atoms with Crippen LogP contribution in [0.2, 0.25) is 0 Å². The van der Waals surface area contributed by atoms with E-state index in [1.54, 1.807) is 11.8 Å². The molecule has 1 heterocycles. The van der Waals surface area contributed by atoms with Gasteiger partial charge in [0.2, 0.25) is 5.91 Å². The Hall–Kier alpha value is -1.06. The van der Waals surface area contributed by atoms with E-state index < -0.39 is 0 Å². The minimum absolute atomic E-state index is 0.130. The number of hydrogen-bond acceptors (Lipinski definition) is 3. The Bertz CT molecular complexity index is 290. The van der Waals surface area contributed by atoms with Gasteiger partial charge in [0.1, 0.15) is 6.54 Å². The van der Waals surface area contributed by atoms with Crippen molar-refractivity contribution < 1.29 is 14.3 Å². The Balaban J connectivity index is 1.97. The predicted molar refractivity (Wildman–Crippen MR) is 58.7 cm³/mol. The summed E-state index contributed by atoms with van der Waals surface area (Å²) < 4.78 is 4.90. The average molecular weight is 225 g/mol. The molecule has 0 spiro atoms. The van der Waals surface area contributed by atoms with E-state index in [0.29, 0.717) is 25.0 Å². The fraction of sp³-hybridized carbons (Fsp3) is 0.833. The maximum Gasteiger partial charge on any atom is 0.325 e. The smallest absolute Gasteiger partial charge is 0.325 e. The van der Waals surface area contributed by atoms with E-state index in [4.69, 9.17) is 4.74 Å². The number of hydrogen-bond donors (Lipinski definition) is 0. The Morgan fingerprint density at radius 2 is 2.19 bits per heavy atom. The molecule has 0 aromatic carbocycles. The van der Waals surface area contributed by atoms with Gasteiger partial charge in [0, 0.05) is 12.5 Å². The summed E-state index contributed by atoms with van der Waals surface area (Å²) in [5, 5.41) is 0. The Morgan fingerprint density at radius 3 is 2.94 bits per heavy atom. The van der Waals surface area contributed by atoms with Crippen molar-refractivity contribution in [1.82, 2.24) is 4.90 Å². The average Bonchev–Trinajstić information content (AvgIpc) is 2.56. The number of carbonyl (C=O) groups is 2. The van der Waals surface area contributed by atoms with Crippen LogP contribution in [-0.4, -0.2) is 36.0 Å². The minimum Gasteiger partial charge on any atom is -0.465 e. The monoisotopic (exact) mass is 225 g/mol. The molecule has 4 nitrogen and oxygen atoms in total. The molecule has 90 valence electrons. The molecule has 2 rings (SSSR count). The van der Waals surface area contributed by atoms with Crippen LogP contribution in [0.5, 0.6) is 0 Å². The van der Waals surface area contributed by atoms with Gasteiger partial charge in [0.05, 0.1) is 6.61 Å². The zero-order valence-corrected chi connectivity index (χ0v) is 9.78. The molecular formula is C12H19NO3. The predicted octanol–water partition coefficient (Wildman–Crippen LogP) is 1.34. The van der Waals surface area contributed by atoms with Crippen molar-refractivity contribution in [3.8, 4) is 0 Å². The van der Waals surface area contributed by atoms with E-state index in [1.807, 2.05) is 0 Å². The summed E-state index contributed by atoms with van der Waals surface area (Å²) >= 11 is 0. The van der Waals surface area contributed by atoms with Crippen LogP contribution < -0.4 is 0 Å². The van der Waals surface area contributed by atoms with Crippen molar-refractivity contribution in [3.63, 3.8) is 0 Å². The summed E-state index contributed by atoms with van der Waals surface area (Å²) in [6.07, 6.45) is 5.21. The number of amides is 1. The van der Waals surface area contributed by atoms with Gasteiger partial charge in [-0.3, -0.25) is 9.59 Å². The van der Waals surface area contributed by atoms with Crippen LogP contribution in [0.4, 0.5) is 0 Å². The summed E-state index contributed by atoms with van der Waals surface area (Å²) in [6, 6.07) is 0.297. The molecule has 1 saturated heterocycles. The van der Waals surface area contributed by atoms with Gasteiger partial charge in [-0.05, 0) is 25.7 Å². The first-order chi connectivity index (χ1) is 7.72. The van der Waals surface area contributed by atoms with Crippen LogP contribution in [-0.2, 0) is 14.3 Å². The maximum atomic E-state index is 11.8. The summed E-state index contributed by atoms with van der Waals surface area (Å²) in [7, 11) is 0. The minimum atomic E-state index is -0.276. The van der Waals surface area contributed by atoms with Crippen molar-refractivity contribution in [2.24, 2.45) is 5.92 Å². The number of likely N-dealkylation sites (tertiary alicyclic amines) is 1. The molecule has 4 heteroatoms. The molecule has 0 aromatic heterocycles. The lowest BCUT2D eigenvalue weighted by molar-refractivity contribution is -0.148. The number of carbonyl (C=O) groups excluding carboxylic acids is 2. The molecule has 2 atom stereocenters. The molecule has 2 unspecified atom stereocenters. The van der Waals surface area contributed by atoms with Crippen LogP contribution in [0.1, 0.15) is 39.0 Å². The van der Waals surface area contributed by atoms with E-state index in [2.05, 4.69) is 0 Å². The van der Waals surface area contributed by atoms with Gasteiger partial charge >= 0.3 is 5.97 Å². The molecular weight excluding hydrogens is 206 g/mol. The highest BCUT2D eigenvalue weighted by Gasteiger charge is 2.41. The van der Waals surface area contributed by atoms with Crippen LogP contribution in [0.25, 0.3) is 0 Å². The van der Waals surface area contributed by atoms with Crippen molar-refractivity contribution in [3.05, 3.63) is 0 Å². The lowest BCUT2D eigenvalue weighted by Gasteiger charge is -2.30. The summed E-state index contributed by atoms with van der Waals surface area (Å²) in [5.74, 6) is 0.336. The molecule has 1 saturated carbocycles. The van der Waals surface area contributed by atoms with Crippen LogP contribution in [0, 0.1) is 5.92 Å². The van der Waals surface area contributed by atoms with Crippen molar-refractivity contribution in [2.75, 3.05) is 13.2 Å². The second-order valence-corrected chi connectivity index (χ2v) is 4.64. The molecule has 0 radical (unpaired) electrons. The molecule has 2 fully saturated rings. The van der Waals surface area contributed by atoms with E-state index in [-0.39, 0.29) is 18.4 Å². The SMILES string of the molecule is CCOC(=O)CN1C(=O)CC2CCCCC21. The summed E-state index contributed by atoms with van der Waals surface area (Å²) in [6.45, 7) is 2.32. The quantitative estimate of drug-likeness (QED) is 0.681. The Labute approximate surface area is 95.9 Å². The van der Waals surface area contributed by atoms with E-state index in [0.717, 1.165) is 12.8 Å². The molecule has 1 amide bonds. The third kappa shape index (κ3) is 2.20. The zero-order chi connectivity index (χ0) is 11.5. The zero-order valence-electron chi connectivity index (χ0n) is 9.78. The van der Waals surface area contributed by atoms with Gasteiger partial charge in [-0.25, -0.2) is 0 Å². The van der Waals surface area contributed by atoms with Gasteiger partial charge < -0.3 is 9.64 Å². The number of nitrogens with zero attached hydrogens (tertiary/aromatic N) is 1. The van der Waals surface area contributed by atoms with Crippen molar-refractivity contribution >= 4 is 11.9 Å². The molecule has 0 N–H and O–H groups in total. The first-order valence-corrected chi connectivity index (χ1v) is 6.17. The van der Waals surface area contributed by atoms with E-state index in [9.17, 15) is 9.59 Å². The number of rotatable bonds is 3.